The van der Waals surface area contributed by atoms with Gasteiger partial charge in [0, 0.05) is 29.1 Å². The van der Waals surface area contributed by atoms with E-state index in [0.29, 0.717) is 34.5 Å². The molecule has 0 aliphatic carbocycles. The van der Waals surface area contributed by atoms with Crippen molar-refractivity contribution in [3.8, 4) is 0 Å². The number of carbonyl (C=O) groups excluding carboxylic acids is 3. The monoisotopic (exact) mass is 407 g/mol. The van der Waals surface area contributed by atoms with E-state index in [9.17, 15) is 14.4 Å². The molecule has 1 aromatic heterocycles. The Morgan fingerprint density at radius 2 is 2.26 bits per heavy atom. The van der Waals surface area contributed by atoms with Gasteiger partial charge in [-0.1, -0.05) is 17.7 Å². The maximum absolute atomic E-state index is 12.1. The molecule has 0 spiro atoms. The number of amides is 2. The quantitative estimate of drug-likeness (QED) is 0.743. The molecular weight excluding hydrogens is 390 g/mol. The van der Waals surface area contributed by atoms with Crippen LogP contribution in [0.1, 0.15) is 25.5 Å². The molecule has 1 fully saturated rings. The number of anilines is 2. The molecule has 0 bridgehead atoms. The lowest BCUT2D eigenvalue weighted by molar-refractivity contribution is -0.152. The van der Waals surface area contributed by atoms with Crippen LogP contribution >= 0.6 is 22.9 Å². The fourth-order valence-corrected chi connectivity index (χ4v) is 3.66. The summed E-state index contributed by atoms with van der Waals surface area (Å²) in [6, 6.07) is 6.69. The lowest BCUT2D eigenvalue weighted by atomic mass is 10.3. The molecule has 0 radical (unpaired) electrons. The van der Waals surface area contributed by atoms with Gasteiger partial charge in [0.2, 0.25) is 5.91 Å². The summed E-state index contributed by atoms with van der Waals surface area (Å²) in [4.78, 5) is 41.9. The van der Waals surface area contributed by atoms with Crippen molar-refractivity contribution in [3.63, 3.8) is 0 Å². The first-order valence-corrected chi connectivity index (χ1v) is 9.69. The number of nitrogens with zero attached hydrogens (tertiary/aromatic N) is 2. The van der Waals surface area contributed by atoms with Gasteiger partial charge in [-0.15, -0.1) is 11.3 Å². The van der Waals surface area contributed by atoms with E-state index in [4.69, 9.17) is 16.3 Å². The Hall–Kier alpha value is -2.45. The Kier molecular flexibility index (Phi) is 6.08. The Morgan fingerprint density at radius 1 is 1.44 bits per heavy atom. The van der Waals surface area contributed by atoms with Crippen LogP contribution in [0.25, 0.3) is 0 Å². The maximum atomic E-state index is 12.1. The highest BCUT2D eigenvalue weighted by Crippen LogP contribution is 2.25. The van der Waals surface area contributed by atoms with Gasteiger partial charge in [-0.2, -0.15) is 0 Å². The zero-order valence-electron chi connectivity index (χ0n) is 14.6. The normalized spacial score (nSPS) is 14.9. The fraction of sp³-hybridized carbons (Fsp3) is 0.333. The standard InChI is InChI=1S/C18H18ClN3O4S/c1-11(17(25)20-13-5-2-4-12(19)8-13)26-16(24)9-14-10-27-18(21-14)22-7-3-6-15(22)23/h2,4-5,8,10-11H,3,6-7,9H2,1H3,(H,20,25). The Labute approximate surface area is 165 Å². The SMILES string of the molecule is CC(OC(=O)Cc1csc(N2CCCC2=O)n1)C(=O)Nc1cccc(Cl)c1. The summed E-state index contributed by atoms with van der Waals surface area (Å²) in [5, 5.41) is 5.44. The molecule has 1 saturated heterocycles. The highest BCUT2D eigenvalue weighted by molar-refractivity contribution is 7.14. The topological polar surface area (TPSA) is 88.6 Å². The van der Waals surface area contributed by atoms with Gasteiger partial charge in [0.25, 0.3) is 5.91 Å². The van der Waals surface area contributed by atoms with Crippen molar-refractivity contribution in [2.75, 3.05) is 16.8 Å². The van der Waals surface area contributed by atoms with Crippen LogP contribution in [0.5, 0.6) is 0 Å². The molecule has 1 atom stereocenters. The number of benzene rings is 1. The van der Waals surface area contributed by atoms with E-state index in [2.05, 4.69) is 10.3 Å². The summed E-state index contributed by atoms with van der Waals surface area (Å²) < 4.78 is 5.17. The fourth-order valence-electron chi connectivity index (χ4n) is 2.60. The third-order valence-corrected chi connectivity index (χ3v) is 5.09. The number of halogens is 1. The van der Waals surface area contributed by atoms with Crippen LogP contribution in [-0.2, 0) is 25.5 Å². The Bertz CT molecular complexity index is 870. The van der Waals surface area contributed by atoms with E-state index in [1.807, 2.05) is 0 Å². The third-order valence-electron chi connectivity index (χ3n) is 3.94. The van der Waals surface area contributed by atoms with Gasteiger partial charge in [0.1, 0.15) is 0 Å². The van der Waals surface area contributed by atoms with Gasteiger partial charge < -0.3 is 10.1 Å². The smallest absolute Gasteiger partial charge is 0.312 e. The van der Waals surface area contributed by atoms with Gasteiger partial charge >= 0.3 is 5.97 Å². The van der Waals surface area contributed by atoms with Crippen LogP contribution < -0.4 is 10.2 Å². The number of nitrogens with one attached hydrogen (secondary N) is 1. The van der Waals surface area contributed by atoms with Crippen molar-refractivity contribution in [3.05, 3.63) is 40.4 Å². The molecule has 7 nitrogen and oxygen atoms in total. The van der Waals surface area contributed by atoms with E-state index in [-0.39, 0.29) is 12.3 Å². The molecule has 1 aliphatic heterocycles. The molecule has 1 aromatic carbocycles. The molecule has 1 N–H and O–H groups in total. The van der Waals surface area contributed by atoms with Gasteiger partial charge in [-0.25, -0.2) is 4.98 Å². The number of hydrogen-bond acceptors (Lipinski definition) is 6. The van der Waals surface area contributed by atoms with Crippen molar-refractivity contribution in [1.29, 1.82) is 0 Å². The molecule has 142 valence electrons. The average Bonchev–Trinajstić information content (AvgIpc) is 3.23. The van der Waals surface area contributed by atoms with Crippen LogP contribution in [0.3, 0.4) is 0 Å². The number of ether oxygens (including phenoxy) is 1. The molecule has 27 heavy (non-hydrogen) atoms. The Balaban J connectivity index is 1.52. The average molecular weight is 408 g/mol. The van der Waals surface area contributed by atoms with Gasteiger partial charge in [-0.3, -0.25) is 19.3 Å². The molecule has 0 saturated carbocycles. The lowest BCUT2D eigenvalue weighted by Crippen LogP contribution is -2.30. The molecule has 2 aromatic rings. The predicted molar refractivity (Wildman–Crippen MR) is 103 cm³/mol. The number of thiazole rings is 1. The largest absolute Gasteiger partial charge is 0.452 e. The first-order chi connectivity index (χ1) is 12.9. The van der Waals surface area contributed by atoms with E-state index >= 15 is 0 Å². The summed E-state index contributed by atoms with van der Waals surface area (Å²) in [7, 11) is 0. The number of carbonyl (C=O) groups is 3. The van der Waals surface area contributed by atoms with E-state index in [1.54, 1.807) is 34.5 Å². The van der Waals surface area contributed by atoms with Crippen LogP contribution in [0.2, 0.25) is 5.02 Å². The summed E-state index contributed by atoms with van der Waals surface area (Å²) in [5.41, 5.74) is 1.04. The number of aromatic nitrogens is 1. The minimum Gasteiger partial charge on any atom is -0.452 e. The van der Waals surface area contributed by atoms with E-state index in [1.165, 1.54) is 18.3 Å². The first-order valence-electron chi connectivity index (χ1n) is 8.43. The van der Waals surface area contributed by atoms with Crippen LogP contribution in [0.4, 0.5) is 10.8 Å². The molecule has 9 heteroatoms. The highest BCUT2D eigenvalue weighted by atomic mass is 35.5. The van der Waals surface area contributed by atoms with Gasteiger partial charge in [-0.05, 0) is 31.5 Å². The molecule has 2 heterocycles. The van der Waals surface area contributed by atoms with Crippen molar-refractivity contribution >= 4 is 51.5 Å². The zero-order valence-corrected chi connectivity index (χ0v) is 16.2. The van der Waals surface area contributed by atoms with Gasteiger partial charge in [0.05, 0.1) is 12.1 Å². The molecule has 3 rings (SSSR count). The summed E-state index contributed by atoms with van der Waals surface area (Å²) >= 11 is 7.19. The molecular formula is C18H18ClN3O4S. The van der Waals surface area contributed by atoms with Crippen LogP contribution in [-0.4, -0.2) is 35.4 Å². The summed E-state index contributed by atoms with van der Waals surface area (Å²) in [5.74, 6) is -0.967. The predicted octanol–water partition coefficient (Wildman–Crippen LogP) is 3.04. The van der Waals surface area contributed by atoms with E-state index in [0.717, 1.165) is 6.42 Å². The minimum absolute atomic E-state index is 0.0461. The lowest BCUT2D eigenvalue weighted by Gasteiger charge is -2.13. The second kappa shape index (κ2) is 8.49. The van der Waals surface area contributed by atoms with Crippen LogP contribution in [0.15, 0.2) is 29.6 Å². The van der Waals surface area contributed by atoms with Crippen LogP contribution in [0, 0.1) is 0 Å². The third kappa shape index (κ3) is 5.05. The summed E-state index contributed by atoms with van der Waals surface area (Å²) in [6.45, 7) is 2.14. The molecule has 1 unspecified atom stereocenters. The first kappa shape index (κ1) is 19.3. The van der Waals surface area contributed by atoms with Gasteiger partial charge in [0.15, 0.2) is 11.2 Å². The zero-order chi connectivity index (χ0) is 19.4. The second-order valence-corrected chi connectivity index (χ2v) is 7.35. The summed E-state index contributed by atoms with van der Waals surface area (Å²) in [6.07, 6.45) is 0.313. The van der Waals surface area contributed by atoms with Crippen molar-refractivity contribution in [2.24, 2.45) is 0 Å². The number of esters is 1. The molecule has 2 amide bonds. The second-order valence-electron chi connectivity index (χ2n) is 6.08. The van der Waals surface area contributed by atoms with E-state index < -0.39 is 18.0 Å². The number of rotatable bonds is 6. The maximum Gasteiger partial charge on any atom is 0.312 e. The molecule has 1 aliphatic rings. The number of hydrogen-bond donors (Lipinski definition) is 1. The Morgan fingerprint density at radius 3 is 2.96 bits per heavy atom. The van der Waals surface area contributed by atoms with Crippen molar-refractivity contribution in [1.82, 2.24) is 4.98 Å². The van der Waals surface area contributed by atoms with Crippen molar-refractivity contribution in [2.45, 2.75) is 32.3 Å². The van der Waals surface area contributed by atoms with Crippen molar-refractivity contribution < 1.29 is 19.1 Å². The highest BCUT2D eigenvalue weighted by Gasteiger charge is 2.25. The minimum atomic E-state index is -0.963.